The van der Waals surface area contributed by atoms with E-state index in [1.54, 1.807) is 33.0 Å². The molecule has 0 atom stereocenters. The van der Waals surface area contributed by atoms with Crippen molar-refractivity contribution >= 4 is 12.4 Å². The van der Waals surface area contributed by atoms with E-state index in [2.05, 4.69) is 5.32 Å². The van der Waals surface area contributed by atoms with E-state index >= 15 is 0 Å². The standard InChI is InChI=1S/C13H18N2O4/c1-13(2,3)19-12(18)14-6-8-15-7-4-5-10(9-16)11(15)17/h4-5,7,9H,6,8H2,1-3H3,(H,14,18). The molecule has 0 spiro atoms. The first-order valence-corrected chi connectivity index (χ1v) is 5.95. The normalized spacial score (nSPS) is 10.9. The number of ether oxygens (including phenoxy) is 1. The molecule has 0 saturated heterocycles. The molecule has 0 aliphatic carbocycles. The minimum Gasteiger partial charge on any atom is -0.444 e. The van der Waals surface area contributed by atoms with Gasteiger partial charge in [-0.2, -0.15) is 0 Å². The highest BCUT2D eigenvalue weighted by molar-refractivity contribution is 5.73. The van der Waals surface area contributed by atoms with Gasteiger partial charge >= 0.3 is 6.09 Å². The zero-order chi connectivity index (χ0) is 14.5. The Morgan fingerprint density at radius 3 is 2.74 bits per heavy atom. The smallest absolute Gasteiger partial charge is 0.407 e. The van der Waals surface area contributed by atoms with E-state index < -0.39 is 11.7 Å². The van der Waals surface area contributed by atoms with Crippen LogP contribution in [0.25, 0.3) is 0 Å². The maximum absolute atomic E-state index is 11.7. The molecule has 0 bridgehead atoms. The van der Waals surface area contributed by atoms with Gasteiger partial charge in [0.2, 0.25) is 0 Å². The number of nitrogens with zero attached hydrogens (tertiary/aromatic N) is 1. The molecule has 0 radical (unpaired) electrons. The van der Waals surface area contributed by atoms with E-state index in [1.807, 2.05) is 0 Å². The summed E-state index contributed by atoms with van der Waals surface area (Å²) in [5.41, 5.74) is -0.832. The summed E-state index contributed by atoms with van der Waals surface area (Å²) < 4.78 is 6.42. The Bertz CT molecular complexity index is 514. The minimum atomic E-state index is -0.557. The van der Waals surface area contributed by atoms with Crippen LogP contribution in [0, 0.1) is 0 Å². The van der Waals surface area contributed by atoms with Crippen molar-refractivity contribution in [2.75, 3.05) is 6.54 Å². The zero-order valence-corrected chi connectivity index (χ0v) is 11.3. The maximum Gasteiger partial charge on any atom is 0.407 e. The molecule has 1 heterocycles. The molecule has 1 aromatic rings. The lowest BCUT2D eigenvalue weighted by molar-refractivity contribution is 0.0525. The van der Waals surface area contributed by atoms with Gasteiger partial charge in [0.15, 0.2) is 6.29 Å². The quantitative estimate of drug-likeness (QED) is 0.830. The van der Waals surface area contributed by atoms with Crippen LogP contribution in [0.15, 0.2) is 23.1 Å². The van der Waals surface area contributed by atoms with Crippen LogP contribution in [0.4, 0.5) is 4.79 Å². The maximum atomic E-state index is 11.7. The van der Waals surface area contributed by atoms with Crippen LogP contribution in [0.2, 0.25) is 0 Å². The number of aldehydes is 1. The second-order valence-corrected chi connectivity index (χ2v) is 5.01. The second kappa shape index (κ2) is 6.17. The molecule has 1 rings (SSSR count). The number of nitrogens with one attached hydrogen (secondary N) is 1. The monoisotopic (exact) mass is 266 g/mol. The van der Waals surface area contributed by atoms with E-state index in [0.717, 1.165) is 0 Å². The Kier molecular flexibility index (Phi) is 4.86. The molecule has 0 saturated carbocycles. The SMILES string of the molecule is CC(C)(C)OC(=O)NCCn1cccc(C=O)c1=O. The van der Waals surface area contributed by atoms with E-state index in [9.17, 15) is 14.4 Å². The third-order valence-electron chi connectivity index (χ3n) is 2.20. The fourth-order valence-corrected chi connectivity index (χ4v) is 1.41. The van der Waals surface area contributed by atoms with Crippen molar-refractivity contribution in [1.29, 1.82) is 0 Å². The van der Waals surface area contributed by atoms with Gasteiger partial charge in [0.05, 0.1) is 5.56 Å². The Morgan fingerprint density at radius 1 is 1.47 bits per heavy atom. The number of hydrogen-bond donors (Lipinski definition) is 1. The van der Waals surface area contributed by atoms with Crippen molar-refractivity contribution in [2.24, 2.45) is 0 Å². The Labute approximate surface area is 111 Å². The molecule has 6 heteroatoms. The molecule has 6 nitrogen and oxygen atoms in total. The average Bonchev–Trinajstić information content (AvgIpc) is 2.29. The first kappa shape index (κ1) is 14.9. The van der Waals surface area contributed by atoms with Gasteiger partial charge in [-0.15, -0.1) is 0 Å². The average molecular weight is 266 g/mol. The van der Waals surface area contributed by atoms with Crippen molar-refractivity contribution in [2.45, 2.75) is 32.9 Å². The topological polar surface area (TPSA) is 77.4 Å². The first-order chi connectivity index (χ1) is 8.83. The number of carbonyl (C=O) groups excluding carboxylic acids is 2. The predicted molar refractivity (Wildman–Crippen MR) is 70.3 cm³/mol. The van der Waals surface area contributed by atoms with Gasteiger partial charge in [-0.25, -0.2) is 4.79 Å². The molecule has 0 aliphatic heterocycles. The van der Waals surface area contributed by atoms with Crippen LogP contribution in [0.1, 0.15) is 31.1 Å². The van der Waals surface area contributed by atoms with Gasteiger partial charge in [-0.1, -0.05) is 0 Å². The molecule has 104 valence electrons. The van der Waals surface area contributed by atoms with Crippen molar-refractivity contribution in [1.82, 2.24) is 9.88 Å². The van der Waals surface area contributed by atoms with Crippen LogP contribution in [0.3, 0.4) is 0 Å². The number of alkyl carbamates (subject to hydrolysis) is 1. The highest BCUT2D eigenvalue weighted by Crippen LogP contribution is 2.06. The van der Waals surface area contributed by atoms with Gasteiger partial charge in [0, 0.05) is 19.3 Å². The molecule has 1 amide bonds. The summed E-state index contributed by atoms with van der Waals surface area (Å²) in [6.07, 6.45) is 1.54. The molecule has 0 unspecified atom stereocenters. The number of rotatable bonds is 4. The summed E-state index contributed by atoms with van der Waals surface area (Å²) in [6.45, 7) is 5.83. The molecular formula is C13H18N2O4. The Balaban J connectivity index is 2.53. The fourth-order valence-electron chi connectivity index (χ4n) is 1.41. The van der Waals surface area contributed by atoms with Gasteiger partial charge in [-0.05, 0) is 32.9 Å². The van der Waals surface area contributed by atoms with E-state index in [0.29, 0.717) is 6.29 Å². The summed E-state index contributed by atoms with van der Waals surface area (Å²) in [4.78, 5) is 33.7. The van der Waals surface area contributed by atoms with Gasteiger partial charge in [0.25, 0.3) is 5.56 Å². The predicted octanol–water partition coefficient (Wildman–Crippen LogP) is 1.19. The van der Waals surface area contributed by atoms with E-state index in [-0.39, 0.29) is 24.2 Å². The molecular weight excluding hydrogens is 248 g/mol. The minimum absolute atomic E-state index is 0.0970. The second-order valence-electron chi connectivity index (χ2n) is 5.01. The molecule has 0 fully saturated rings. The van der Waals surface area contributed by atoms with Crippen molar-refractivity contribution in [3.05, 3.63) is 34.2 Å². The molecule has 0 aliphatic rings. The van der Waals surface area contributed by atoms with Crippen molar-refractivity contribution < 1.29 is 14.3 Å². The molecule has 1 aromatic heterocycles. The summed E-state index contributed by atoms with van der Waals surface area (Å²) in [7, 11) is 0. The van der Waals surface area contributed by atoms with Gasteiger partial charge < -0.3 is 14.6 Å². The summed E-state index contributed by atoms with van der Waals surface area (Å²) in [5.74, 6) is 0. The molecule has 1 N–H and O–H groups in total. The first-order valence-electron chi connectivity index (χ1n) is 5.95. The number of hydrogen-bond acceptors (Lipinski definition) is 4. The number of carbonyl (C=O) groups is 2. The highest BCUT2D eigenvalue weighted by atomic mass is 16.6. The number of pyridine rings is 1. The lowest BCUT2D eigenvalue weighted by Crippen LogP contribution is -2.35. The van der Waals surface area contributed by atoms with Gasteiger partial charge in [0.1, 0.15) is 5.60 Å². The van der Waals surface area contributed by atoms with Crippen molar-refractivity contribution in [3.8, 4) is 0 Å². The van der Waals surface area contributed by atoms with Crippen LogP contribution < -0.4 is 10.9 Å². The van der Waals surface area contributed by atoms with E-state index in [1.165, 1.54) is 10.6 Å². The van der Waals surface area contributed by atoms with E-state index in [4.69, 9.17) is 4.74 Å². The Morgan fingerprint density at radius 2 is 2.16 bits per heavy atom. The van der Waals surface area contributed by atoms with Crippen LogP contribution in [-0.2, 0) is 11.3 Å². The van der Waals surface area contributed by atoms with Gasteiger partial charge in [-0.3, -0.25) is 9.59 Å². The largest absolute Gasteiger partial charge is 0.444 e. The number of amides is 1. The number of aromatic nitrogens is 1. The molecule has 0 aromatic carbocycles. The third-order valence-corrected chi connectivity index (χ3v) is 2.20. The zero-order valence-electron chi connectivity index (χ0n) is 11.3. The lowest BCUT2D eigenvalue weighted by atomic mass is 10.2. The van der Waals surface area contributed by atoms with Crippen LogP contribution in [-0.4, -0.2) is 29.1 Å². The third kappa shape index (κ3) is 4.95. The highest BCUT2D eigenvalue weighted by Gasteiger charge is 2.15. The fraction of sp³-hybridized carbons (Fsp3) is 0.462. The lowest BCUT2D eigenvalue weighted by Gasteiger charge is -2.19. The Hall–Kier alpha value is -2.11. The summed E-state index contributed by atoms with van der Waals surface area (Å²) in [6, 6.07) is 3.06. The summed E-state index contributed by atoms with van der Waals surface area (Å²) in [5, 5.41) is 2.54. The summed E-state index contributed by atoms with van der Waals surface area (Å²) >= 11 is 0. The molecule has 19 heavy (non-hydrogen) atoms. The van der Waals surface area contributed by atoms with Crippen molar-refractivity contribution in [3.63, 3.8) is 0 Å². The van der Waals surface area contributed by atoms with Crippen LogP contribution >= 0.6 is 0 Å². The van der Waals surface area contributed by atoms with Crippen LogP contribution in [0.5, 0.6) is 0 Å².